The zero-order valence-electron chi connectivity index (χ0n) is 14.0. The molecule has 3 aromatic rings. The van der Waals surface area contributed by atoms with Crippen LogP contribution < -0.4 is 10.6 Å². The van der Waals surface area contributed by atoms with Gasteiger partial charge in [-0.3, -0.25) is 9.59 Å². The Morgan fingerprint density at radius 1 is 0.889 bits per heavy atom. The van der Waals surface area contributed by atoms with E-state index in [1.54, 1.807) is 18.2 Å². The number of nitrogens with zero attached hydrogens (tertiary/aromatic N) is 1. The van der Waals surface area contributed by atoms with E-state index >= 15 is 0 Å². The molecule has 2 N–H and O–H groups in total. The fraction of sp³-hybridized carbons (Fsp3) is 0.105. The lowest BCUT2D eigenvalue weighted by atomic mass is 10.1. The number of carbonyl (C=O) groups excluding carboxylic acids is 2. The molecule has 0 unspecified atom stereocenters. The van der Waals surface area contributed by atoms with Gasteiger partial charge in [-0.15, -0.1) is 0 Å². The van der Waals surface area contributed by atoms with E-state index in [-0.39, 0.29) is 24.8 Å². The Kier molecular flexibility index (Phi) is 6.11. The molecule has 0 spiro atoms. The maximum atomic E-state index is 12.1. The minimum atomic E-state index is -0.409. The van der Waals surface area contributed by atoms with Gasteiger partial charge in [0.15, 0.2) is 0 Å². The highest BCUT2D eigenvalue weighted by Gasteiger charge is 2.14. The van der Waals surface area contributed by atoms with Gasteiger partial charge in [0.1, 0.15) is 5.69 Å². The van der Waals surface area contributed by atoms with Crippen LogP contribution in [-0.4, -0.2) is 30.1 Å². The predicted molar refractivity (Wildman–Crippen MR) is 103 cm³/mol. The molecular formula is C19H15Cl2N3O3. The Morgan fingerprint density at radius 2 is 1.59 bits per heavy atom. The van der Waals surface area contributed by atoms with Crippen molar-refractivity contribution in [3.05, 3.63) is 76.0 Å². The number of carbonyl (C=O) groups is 2. The number of amides is 2. The zero-order valence-corrected chi connectivity index (χ0v) is 15.6. The van der Waals surface area contributed by atoms with Gasteiger partial charge >= 0.3 is 0 Å². The van der Waals surface area contributed by atoms with Crippen LogP contribution in [0.4, 0.5) is 0 Å². The van der Waals surface area contributed by atoms with E-state index < -0.39 is 5.91 Å². The second-order valence-corrected chi connectivity index (χ2v) is 6.40. The Hall–Kier alpha value is -2.83. The highest BCUT2D eigenvalue weighted by molar-refractivity contribution is 6.42. The van der Waals surface area contributed by atoms with E-state index in [1.165, 1.54) is 6.07 Å². The van der Waals surface area contributed by atoms with Gasteiger partial charge in [-0.2, -0.15) is 0 Å². The van der Waals surface area contributed by atoms with Gasteiger partial charge in [-0.05, 0) is 18.2 Å². The molecule has 0 atom stereocenters. The molecule has 0 saturated heterocycles. The van der Waals surface area contributed by atoms with Crippen molar-refractivity contribution in [3.63, 3.8) is 0 Å². The summed E-state index contributed by atoms with van der Waals surface area (Å²) < 4.78 is 5.08. The molecule has 0 saturated carbocycles. The maximum absolute atomic E-state index is 12.1. The van der Waals surface area contributed by atoms with E-state index in [2.05, 4.69) is 15.8 Å². The summed E-state index contributed by atoms with van der Waals surface area (Å²) in [5, 5.41) is 9.91. The molecule has 0 radical (unpaired) electrons. The van der Waals surface area contributed by atoms with Crippen LogP contribution in [0.2, 0.25) is 10.0 Å². The molecule has 0 aliphatic rings. The molecule has 0 fully saturated rings. The van der Waals surface area contributed by atoms with Crippen LogP contribution in [0.1, 0.15) is 20.9 Å². The SMILES string of the molecule is O=C(NCCNC(=O)c1cc(-c2ccccc2)no1)c1ccc(Cl)c(Cl)c1. The van der Waals surface area contributed by atoms with Gasteiger partial charge in [0, 0.05) is 30.3 Å². The van der Waals surface area contributed by atoms with E-state index in [4.69, 9.17) is 27.7 Å². The molecule has 138 valence electrons. The molecule has 2 aromatic carbocycles. The van der Waals surface area contributed by atoms with E-state index in [9.17, 15) is 9.59 Å². The highest BCUT2D eigenvalue weighted by Crippen LogP contribution is 2.22. The molecule has 1 heterocycles. The first-order valence-corrected chi connectivity index (χ1v) is 8.84. The highest BCUT2D eigenvalue weighted by atomic mass is 35.5. The Morgan fingerprint density at radius 3 is 2.30 bits per heavy atom. The average molecular weight is 404 g/mol. The van der Waals surface area contributed by atoms with Crippen LogP contribution in [0.3, 0.4) is 0 Å². The summed E-state index contributed by atoms with van der Waals surface area (Å²) in [6, 6.07) is 15.6. The third-order valence-electron chi connectivity index (χ3n) is 3.68. The molecule has 6 nitrogen and oxygen atoms in total. The quantitative estimate of drug-likeness (QED) is 0.612. The van der Waals surface area contributed by atoms with Crippen LogP contribution in [0, 0.1) is 0 Å². The van der Waals surface area contributed by atoms with Crippen molar-refractivity contribution < 1.29 is 14.1 Å². The first-order valence-electron chi connectivity index (χ1n) is 8.08. The standard InChI is InChI=1S/C19H15Cl2N3O3/c20-14-7-6-13(10-15(14)21)18(25)22-8-9-23-19(26)17-11-16(24-27-17)12-4-2-1-3-5-12/h1-7,10-11H,8-9H2,(H,22,25)(H,23,26). The van der Waals surface area contributed by atoms with Gasteiger partial charge in [-0.1, -0.05) is 58.7 Å². The van der Waals surface area contributed by atoms with Crippen LogP contribution in [0.15, 0.2) is 59.1 Å². The smallest absolute Gasteiger partial charge is 0.289 e. The van der Waals surface area contributed by atoms with Crippen molar-refractivity contribution >= 4 is 35.0 Å². The molecule has 8 heteroatoms. The summed E-state index contributed by atoms with van der Waals surface area (Å²) in [7, 11) is 0. The van der Waals surface area contributed by atoms with Crippen molar-refractivity contribution in [3.8, 4) is 11.3 Å². The number of nitrogens with one attached hydrogen (secondary N) is 2. The second-order valence-electron chi connectivity index (χ2n) is 5.58. The molecule has 0 bridgehead atoms. The van der Waals surface area contributed by atoms with Crippen molar-refractivity contribution in [2.24, 2.45) is 0 Å². The number of hydrogen-bond acceptors (Lipinski definition) is 4. The number of aromatic nitrogens is 1. The molecule has 0 aliphatic carbocycles. The summed E-state index contributed by atoms with van der Waals surface area (Å²) in [5.74, 6) is -0.619. The van der Waals surface area contributed by atoms with Crippen molar-refractivity contribution in [2.75, 3.05) is 13.1 Å². The summed E-state index contributed by atoms with van der Waals surface area (Å²) in [6.45, 7) is 0.470. The van der Waals surface area contributed by atoms with Gasteiger partial charge in [0.2, 0.25) is 5.76 Å². The number of rotatable bonds is 6. The van der Waals surface area contributed by atoms with Crippen LogP contribution in [0.5, 0.6) is 0 Å². The fourth-order valence-corrected chi connectivity index (χ4v) is 2.60. The number of benzene rings is 2. The Bertz CT molecular complexity index is 958. The largest absolute Gasteiger partial charge is 0.350 e. The fourth-order valence-electron chi connectivity index (χ4n) is 2.31. The first kappa shape index (κ1) is 18.9. The van der Waals surface area contributed by atoms with Crippen LogP contribution >= 0.6 is 23.2 Å². The van der Waals surface area contributed by atoms with Crippen molar-refractivity contribution in [1.82, 2.24) is 15.8 Å². The van der Waals surface area contributed by atoms with Crippen molar-refractivity contribution in [1.29, 1.82) is 0 Å². The van der Waals surface area contributed by atoms with Gasteiger partial charge < -0.3 is 15.2 Å². The molecule has 2 amide bonds. The van der Waals surface area contributed by atoms with E-state index in [0.717, 1.165) is 5.56 Å². The lowest BCUT2D eigenvalue weighted by Crippen LogP contribution is -2.34. The van der Waals surface area contributed by atoms with Crippen molar-refractivity contribution in [2.45, 2.75) is 0 Å². The van der Waals surface area contributed by atoms with E-state index in [0.29, 0.717) is 21.3 Å². The second kappa shape index (κ2) is 8.70. The minimum Gasteiger partial charge on any atom is -0.350 e. The summed E-state index contributed by atoms with van der Waals surface area (Å²) in [4.78, 5) is 24.1. The number of hydrogen-bond donors (Lipinski definition) is 2. The van der Waals surface area contributed by atoms with Gasteiger partial charge in [0.05, 0.1) is 10.0 Å². The third kappa shape index (κ3) is 4.87. The Labute approximate surface area is 165 Å². The normalized spacial score (nSPS) is 10.4. The molecular weight excluding hydrogens is 389 g/mol. The molecule has 1 aromatic heterocycles. The maximum Gasteiger partial charge on any atom is 0.289 e. The first-order chi connectivity index (χ1) is 13.0. The topological polar surface area (TPSA) is 84.2 Å². The number of halogens is 2. The Balaban J connectivity index is 1.48. The summed E-state index contributed by atoms with van der Waals surface area (Å²) in [6.07, 6.45) is 0. The molecule has 3 rings (SSSR count). The monoisotopic (exact) mass is 403 g/mol. The molecule has 0 aliphatic heterocycles. The lowest BCUT2D eigenvalue weighted by Gasteiger charge is -2.06. The van der Waals surface area contributed by atoms with Gasteiger partial charge in [0.25, 0.3) is 11.8 Å². The molecule has 27 heavy (non-hydrogen) atoms. The van der Waals surface area contributed by atoms with E-state index in [1.807, 2.05) is 30.3 Å². The zero-order chi connectivity index (χ0) is 19.2. The lowest BCUT2D eigenvalue weighted by molar-refractivity contribution is 0.0903. The average Bonchev–Trinajstić information content (AvgIpc) is 3.18. The van der Waals surface area contributed by atoms with Gasteiger partial charge in [-0.25, -0.2) is 0 Å². The van der Waals surface area contributed by atoms with Crippen LogP contribution in [-0.2, 0) is 0 Å². The minimum absolute atomic E-state index is 0.102. The van der Waals surface area contributed by atoms with Crippen LogP contribution in [0.25, 0.3) is 11.3 Å². The summed E-state index contributed by atoms with van der Waals surface area (Å²) in [5.41, 5.74) is 1.82. The summed E-state index contributed by atoms with van der Waals surface area (Å²) >= 11 is 11.7. The predicted octanol–water partition coefficient (Wildman–Crippen LogP) is 3.81. The third-order valence-corrected chi connectivity index (χ3v) is 4.42.